The first-order chi connectivity index (χ1) is 12.2. The number of benzene rings is 4. The second-order valence-electron chi connectivity index (χ2n) is 6.24. The Labute approximate surface area is 149 Å². The lowest BCUT2D eigenvalue weighted by molar-refractivity contribution is 0.478. The van der Waals surface area contributed by atoms with E-state index in [9.17, 15) is 5.11 Å². The number of halogens is 1. The predicted octanol–water partition coefficient (Wildman–Crippen LogP) is 6.50. The summed E-state index contributed by atoms with van der Waals surface area (Å²) in [7, 11) is 0. The first-order valence-electron chi connectivity index (χ1n) is 8.13. The van der Waals surface area contributed by atoms with Gasteiger partial charge in [-0.05, 0) is 34.4 Å². The highest BCUT2D eigenvalue weighted by atomic mass is 35.5. The molecule has 0 fully saturated rings. The summed E-state index contributed by atoms with van der Waals surface area (Å²) >= 11 is 6.13. The molecule has 4 aromatic carbocycles. The molecule has 3 heteroatoms. The van der Waals surface area contributed by atoms with E-state index in [1.165, 1.54) is 10.8 Å². The Hall–Kier alpha value is -2.97. The highest BCUT2D eigenvalue weighted by Crippen LogP contribution is 2.41. The highest BCUT2D eigenvalue weighted by Gasteiger charge is 2.15. The number of fused-ring (bicyclic) bond motifs is 4. The molecule has 0 atom stereocenters. The summed E-state index contributed by atoms with van der Waals surface area (Å²) < 4.78 is 0. The number of aromatic hydroxyl groups is 1. The molecule has 1 heterocycles. The first-order valence-corrected chi connectivity index (χ1v) is 8.50. The largest absolute Gasteiger partial charge is 0.507 e. The van der Waals surface area contributed by atoms with Gasteiger partial charge in [-0.15, -0.1) is 0 Å². The van der Waals surface area contributed by atoms with E-state index in [-0.39, 0.29) is 5.75 Å². The molecule has 5 rings (SSSR count). The number of phenolic OH excluding ortho intramolecular Hbond substituents is 1. The van der Waals surface area contributed by atoms with Gasteiger partial charge in [0.1, 0.15) is 5.75 Å². The molecule has 0 radical (unpaired) electrons. The standard InChI is InChI=1S/C22H14ClNO/c23-15-7-9-16-14(11-15)6-10-20(25)21(16)19-12-24-22-17-4-2-1-3-13(17)5-8-18(19)22/h1-12,24-25H. The Morgan fingerprint density at radius 2 is 1.56 bits per heavy atom. The number of phenols is 1. The first kappa shape index (κ1) is 14.4. The van der Waals surface area contributed by atoms with Crippen LogP contribution >= 0.6 is 11.6 Å². The van der Waals surface area contributed by atoms with Crippen LogP contribution < -0.4 is 0 Å². The maximum Gasteiger partial charge on any atom is 0.124 e. The molecular weight excluding hydrogens is 330 g/mol. The van der Waals surface area contributed by atoms with Gasteiger partial charge in [-0.25, -0.2) is 0 Å². The van der Waals surface area contributed by atoms with Crippen LogP contribution in [-0.4, -0.2) is 10.1 Å². The van der Waals surface area contributed by atoms with Gasteiger partial charge in [0.25, 0.3) is 0 Å². The minimum Gasteiger partial charge on any atom is -0.507 e. The number of hydrogen-bond acceptors (Lipinski definition) is 1. The SMILES string of the molecule is Oc1ccc2cc(Cl)ccc2c1-c1c[nH]c2c1ccc1ccccc12. The van der Waals surface area contributed by atoms with Crippen LogP contribution in [0.2, 0.25) is 5.02 Å². The quantitative estimate of drug-likeness (QED) is 0.358. The van der Waals surface area contributed by atoms with Crippen molar-refractivity contribution in [2.75, 3.05) is 0 Å². The summed E-state index contributed by atoms with van der Waals surface area (Å²) in [6.45, 7) is 0. The topological polar surface area (TPSA) is 36.0 Å². The fourth-order valence-electron chi connectivity index (χ4n) is 3.65. The molecule has 2 nitrogen and oxygen atoms in total. The van der Waals surface area contributed by atoms with Crippen molar-refractivity contribution >= 4 is 44.0 Å². The van der Waals surface area contributed by atoms with Crippen LogP contribution in [-0.2, 0) is 0 Å². The van der Waals surface area contributed by atoms with E-state index in [1.807, 2.05) is 42.6 Å². The lowest BCUT2D eigenvalue weighted by Crippen LogP contribution is -1.83. The monoisotopic (exact) mass is 343 g/mol. The van der Waals surface area contributed by atoms with Crippen molar-refractivity contribution in [2.24, 2.45) is 0 Å². The zero-order chi connectivity index (χ0) is 17.0. The van der Waals surface area contributed by atoms with Gasteiger partial charge in [-0.1, -0.05) is 60.1 Å². The van der Waals surface area contributed by atoms with Crippen LogP contribution in [0.15, 0.2) is 72.9 Å². The number of H-pyrrole nitrogens is 1. The Morgan fingerprint density at radius 3 is 2.48 bits per heavy atom. The molecule has 0 saturated heterocycles. The Morgan fingerprint density at radius 1 is 0.760 bits per heavy atom. The number of aromatic amines is 1. The van der Waals surface area contributed by atoms with E-state index >= 15 is 0 Å². The molecule has 1 aromatic heterocycles. The molecule has 120 valence electrons. The number of hydrogen-bond donors (Lipinski definition) is 2. The molecule has 0 aliphatic heterocycles. The van der Waals surface area contributed by atoms with Gasteiger partial charge in [0.15, 0.2) is 0 Å². The van der Waals surface area contributed by atoms with Crippen molar-refractivity contribution in [2.45, 2.75) is 0 Å². The zero-order valence-electron chi connectivity index (χ0n) is 13.3. The molecule has 0 spiro atoms. The molecule has 0 saturated carbocycles. The fraction of sp³-hybridized carbons (Fsp3) is 0. The van der Waals surface area contributed by atoms with Crippen LogP contribution in [0.3, 0.4) is 0 Å². The third-order valence-corrected chi connectivity index (χ3v) is 5.04. The maximum absolute atomic E-state index is 10.6. The summed E-state index contributed by atoms with van der Waals surface area (Å²) in [5.74, 6) is 0.267. The van der Waals surface area contributed by atoms with E-state index in [1.54, 1.807) is 6.07 Å². The minimum absolute atomic E-state index is 0.267. The van der Waals surface area contributed by atoms with E-state index in [0.29, 0.717) is 5.02 Å². The Kier molecular flexibility index (Phi) is 3.03. The van der Waals surface area contributed by atoms with Crippen molar-refractivity contribution in [3.63, 3.8) is 0 Å². The predicted molar refractivity (Wildman–Crippen MR) is 105 cm³/mol. The average Bonchev–Trinajstić information content (AvgIpc) is 3.06. The van der Waals surface area contributed by atoms with Gasteiger partial charge in [-0.2, -0.15) is 0 Å². The Bertz CT molecular complexity index is 1270. The number of rotatable bonds is 1. The van der Waals surface area contributed by atoms with E-state index in [0.717, 1.165) is 32.8 Å². The lowest BCUT2D eigenvalue weighted by atomic mass is 9.96. The molecule has 0 aliphatic rings. The number of aromatic nitrogens is 1. The van der Waals surface area contributed by atoms with E-state index in [2.05, 4.69) is 29.2 Å². The third kappa shape index (κ3) is 2.11. The maximum atomic E-state index is 10.6. The van der Waals surface area contributed by atoms with Crippen molar-refractivity contribution in [3.8, 4) is 16.9 Å². The molecule has 25 heavy (non-hydrogen) atoms. The summed E-state index contributed by atoms with van der Waals surface area (Å²) in [5, 5.41) is 16.7. The molecule has 0 bridgehead atoms. The minimum atomic E-state index is 0.267. The number of nitrogens with one attached hydrogen (secondary N) is 1. The second-order valence-corrected chi connectivity index (χ2v) is 6.67. The van der Waals surface area contributed by atoms with Gasteiger partial charge < -0.3 is 10.1 Å². The van der Waals surface area contributed by atoms with Crippen molar-refractivity contribution in [1.82, 2.24) is 4.98 Å². The molecule has 5 aromatic rings. The second kappa shape index (κ2) is 5.27. The van der Waals surface area contributed by atoms with Crippen LogP contribution in [0.5, 0.6) is 5.75 Å². The van der Waals surface area contributed by atoms with Crippen LogP contribution in [0.4, 0.5) is 0 Å². The van der Waals surface area contributed by atoms with Crippen LogP contribution in [0.1, 0.15) is 0 Å². The highest BCUT2D eigenvalue weighted by molar-refractivity contribution is 6.31. The summed E-state index contributed by atoms with van der Waals surface area (Å²) in [5.41, 5.74) is 2.90. The fourth-order valence-corrected chi connectivity index (χ4v) is 3.83. The average molecular weight is 344 g/mol. The van der Waals surface area contributed by atoms with Gasteiger partial charge >= 0.3 is 0 Å². The summed E-state index contributed by atoms with van der Waals surface area (Å²) in [6.07, 6.45) is 1.97. The van der Waals surface area contributed by atoms with E-state index in [4.69, 9.17) is 11.6 Å². The molecular formula is C22H14ClNO. The van der Waals surface area contributed by atoms with Gasteiger partial charge in [0, 0.05) is 33.1 Å². The van der Waals surface area contributed by atoms with Crippen LogP contribution in [0, 0.1) is 0 Å². The van der Waals surface area contributed by atoms with Crippen LogP contribution in [0.25, 0.3) is 43.6 Å². The lowest BCUT2D eigenvalue weighted by Gasteiger charge is -2.09. The molecule has 0 aliphatic carbocycles. The zero-order valence-corrected chi connectivity index (χ0v) is 14.0. The molecule has 0 unspecified atom stereocenters. The molecule has 2 N–H and O–H groups in total. The third-order valence-electron chi connectivity index (χ3n) is 4.81. The van der Waals surface area contributed by atoms with E-state index < -0.39 is 0 Å². The van der Waals surface area contributed by atoms with Crippen molar-refractivity contribution in [1.29, 1.82) is 0 Å². The smallest absolute Gasteiger partial charge is 0.124 e. The Balaban J connectivity index is 1.89. The van der Waals surface area contributed by atoms with Crippen molar-refractivity contribution in [3.05, 3.63) is 77.9 Å². The normalized spacial score (nSPS) is 11.6. The van der Waals surface area contributed by atoms with Crippen molar-refractivity contribution < 1.29 is 5.11 Å². The van der Waals surface area contributed by atoms with Gasteiger partial charge in [-0.3, -0.25) is 0 Å². The summed E-state index contributed by atoms with van der Waals surface area (Å²) in [6, 6.07) is 21.9. The van der Waals surface area contributed by atoms with Gasteiger partial charge in [0.2, 0.25) is 0 Å². The van der Waals surface area contributed by atoms with Gasteiger partial charge in [0.05, 0.1) is 5.52 Å². The summed E-state index contributed by atoms with van der Waals surface area (Å²) in [4.78, 5) is 3.40. The molecule has 0 amide bonds.